The molecule has 2 N–H and O–H groups in total. The number of nitrogens with zero attached hydrogens (tertiary/aromatic N) is 5. The first-order valence-electron chi connectivity index (χ1n) is 12.0. The molecule has 2 unspecified atom stereocenters. The fraction of sp³-hybridized carbons (Fsp3) is 0.609. The van der Waals surface area contributed by atoms with E-state index in [0.717, 1.165) is 37.7 Å². The summed E-state index contributed by atoms with van der Waals surface area (Å²) < 4.78 is 51.1. The molecule has 2 saturated heterocycles. The molecule has 11 nitrogen and oxygen atoms in total. The number of aromatic amines is 1. The van der Waals surface area contributed by atoms with E-state index in [9.17, 15) is 22.8 Å². The lowest BCUT2D eigenvalue weighted by Gasteiger charge is -2.36. The van der Waals surface area contributed by atoms with Crippen molar-refractivity contribution in [2.24, 2.45) is 0 Å². The number of halogens is 3. The van der Waals surface area contributed by atoms with Crippen LogP contribution in [0.15, 0.2) is 23.4 Å². The molecule has 37 heavy (non-hydrogen) atoms. The Balaban J connectivity index is 1.32. The Bertz CT molecular complexity index is 1120. The first kappa shape index (κ1) is 26.8. The number of methoxy groups -OCH3 is 1. The maximum Gasteiger partial charge on any atom is 0.423 e. The zero-order chi connectivity index (χ0) is 26.6. The van der Waals surface area contributed by atoms with Crippen LogP contribution in [-0.2, 0) is 20.4 Å². The molecule has 14 heteroatoms. The third kappa shape index (κ3) is 6.36. The van der Waals surface area contributed by atoms with Crippen LogP contribution in [0.5, 0.6) is 0 Å². The number of piperidine rings is 1. The molecule has 2 aromatic rings. The lowest BCUT2D eigenvalue weighted by molar-refractivity contribution is -0.139. The smallest absolute Gasteiger partial charge is 0.382 e. The van der Waals surface area contributed by atoms with Crippen molar-refractivity contribution in [1.82, 2.24) is 25.1 Å². The highest BCUT2D eigenvalue weighted by atomic mass is 19.4. The van der Waals surface area contributed by atoms with Crippen molar-refractivity contribution in [1.29, 1.82) is 0 Å². The molecule has 4 rings (SSSR count). The van der Waals surface area contributed by atoms with Crippen molar-refractivity contribution >= 4 is 17.5 Å². The molecule has 0 saturated carbocycles. The van der Waals surface area contributed by atoms with Gasteiger partial charge in [0.25, 0.3) is 11.5 Å². The highest BCUT2D eigenvalue weighted by Crippen LogP contribution is 2.32. The summed E-state index contributed by atoms with van der Waals surface area (Å²) in [5, 5.41) is 7.89. The van der Waals surface area contributed by atoms with Crippen LogP contribution < -0.4 is 15.8 Å². The van der Waals surface area contributed by atoms with E-state index in [-0.39, 0.29) is 25.2 Å². The van der Waals surface area contributed by atoms with Crippen LogP contribution in [0.4, 0.5) is 24.8 Å². The fourth-order valence-electron chi connectivity index (χ4n) is 4.69. The molecule has 0 radical (unpaired) electrons. The molecule has 0 aliphatic carbocycles. The fourth-order valence-corrected chi connectivity index (χ4v) is 4.69. The quantitative estimate of drug-likeness (QED) is 0.502. The summed E-state index contributed by atoms with van der Waals surface area (Å²) in [4.78, 5) is 37.5. The Morgan fingerprint density at radius 1 is 1.11 bits per heavy atom. The van der Waals surface area contributed by atoms with Crippen molar-refractivity contribution in [3.05, 3.63) is 40.1 Å². The Morgan fingerprint density at radius 2 is 1.81 bits per heavy atom. The summed E-state index contributed by atoms with van der Waals surface area (Å²) in [6.45, 7) is 3.84. The molecule has 0 aromatic carbocycles. The summed E-state index contributed by atoms with van der Waals surface area (Å²) in [6.07, 6.45) is 0.923. The summed E-state index contributed by atoms with van der Waals surface area (Å²) in [7, 11) is 1.39. The average molecular weight is 526 g/mol. The monoisotopic (exact) mass is 525 g/mol. The van der Waals surface area contributed by atoms with Crippen molar-refractivity contribution in [3.8, 4) is 0 Å². The maximum absolute atomic E-state index is 13.4. The number of nitrogens with one attached hydrogen (secondary N) is 2. The van der Waals surface area contributed by atoms with E-state index in [1.54, 1.807) is 17.5 Å². The van der Waals surface area contributed by atoms with Crippen LogP contribution in [0.3, 0.4) is 0 Å². The number of rotatable bonds is 9. The summed E-state index contributed by atoms with van der Waals surface area (Å²) in [5.41, 5.74) is -2.22. The second-order valence-electron chi connectivity index (χ2n) is 9.20. The molecule has 0 spiro atoms. The number of ether oxygens (including phenoxy) is 2. The number of hydrogen-bond donors (Lipinski definition) is 2. The minimum atomic E-state index is -4.87. The van der Waals surface area contributed by atoms with E-state index in [0.29, 0.717) is 18.9 Å². The minimum absolute atomic E-state index is 0.00569. The molecule has 2 atom stereocenters. The van der Waals surface area contributed by atoms with Crippen LogP contribution in [0.2, 0.25) is 0 Å². The van der Waals surface area contributed by atoms with Crippen LogP contribution >= 0.6 is 0 Å². The maximum atomic E-state index is 13.4. The van der Waals surface area contributed by atoms with E-state index in [4.69, 9.17) is 9.47 Å². The molecule has 1 amide bonds. The van der Waals surface area contributed by atoms with Crippen LogP contribution in [0.1, 0.15) is 30.4 Å². The van der Waals surface area contributed by atoms with E-state index in [1.165, 1.54) is 7.11 Å². The molecule has 202 valence electrons. The van der Waals surface area contributed by atoms with E-state index in [1.807, 2.05) is 11.8 Å². The van der Waals surface area contributed by atoms with Gasteiger partial charge in [0, 0.05) is 51.6 Å². The Morgan fingerprint density at radius 3 is 2.46 bits per heavy atom. The lowest BCUT2D eigenvalue weighted by Crippen LogP contribution is -2.47. The van der Waals surface area contributed by atoms with Gasteiger partial charge in [0.15, 0.2) is 0 Å². The Kier molecular flexibility index (Phi) is 8.27. The summed E-state index contributed by atoms with van der Waals surface area (Å²) in [5.74, 6) is 0.550. The Hall–Kier alpha value is -3.26. The molecule has 2 fully saturated rings. The molecule has 2 aromatic heterocycles. The van der Waals surface area contributed by atoms with Gasteiger partial charge in [0.05, 0.1) is 31.1 Å². The van der Waals surface area contributed by atoms with E-state index < -0.39 is 35.1 Å². The number of alkyl halides is 3. The Labute approximate surface area is 211 Å². The van der Waals surface area contributed by atoms with Gasteiger partial charge >= 0.3 is 6.18 Å². The van der Waals surface area contributed by atoms with Gasteiger partial charge in [-0.05, 0) is 25.3 Å². The number of carbonyl (C=O) groups excluding carboxylic acids is 1. The van der Waals surface area contributed by atoms with Gasteiger partial charge in [-0.1, -0.05) is 0 Å². The first-order valence-corrected chi connectivity index (χ1v) is 12.0. The van der Waals surface area contributed by atoms with Gasteiger partial charge in [-0.3, -0.25) is 9.59 Å². The number of aromatic nitrogens is 4. The third-order valence-electron chi connectivity index (χ3n) is 6.51. The van der Waals surface area contributed by atoms with Crippen LogP contribution in [0.25, 0.3) is 0 Å². The molecule has 0 bridgehead atoms. The molecule has 2 aliphatic heterocycles. The van der Waals surface area contributed by atoms with Crippen molar-refractivity contribution in [2.45, 2.75) is 50.6 Å². The molecule has 2 aliphatic rings. The van der Waals surface area contributed by atoms with Crippen molar-refractivity contribution in [3.63, 3.8) is 0 Å². The predicted molar refractivity (Wildman–Crippen MR) is 127 cm³/mol. The third-order valence-corrected chi connectivity index (χ3v) is 6.51. The number of amides is 1. The van der Waals surface area contributed by atoms with Gasteiger partial charge in [0.1, 0.15) is 11.7 Å². The standard InChI is InChI=1S/C23H30F3N7O4/c1-14-9-27-22(28-10-14)32-6-3-16(4-7-32)33-8-5-18(21(33)35)37-13-15(12-36-2)30-17-11-29-31-20(34)19(17)23(24,25)26/h9-11,15-16,18H,3-8,12-13H2,1-2H3,(H2,30,31,34). The van der Waals surface area contributed by atoms with Crippen LogP contribution in [0, 0.1) is 6.92 Å². The van der Waals surface area contributed by atoms with Gasteiger partial charge in [-0.15, -0.1) is 0 Å². The molecular formula is C23H30F3N7O4. The van der Waals surface area contributed by atoms with Gasteiger partial charge in [-0.25, -0.2) is 15.1 Å². The van der Waals surface area contributed by atoms with Crippen molar-refractivity contribution in [2.75, 3.05) is 50.2 Å². The molecule has 4 heterocycles. The summed E-state index contributed by atoms with van der Waals surface area (Å²) >= 11 is 0. The lowest BCUT2D eigenvalue weighted by atomic mass is 10.0. The van der Waals surface area contributed by atoms with Gasteiger partial charge < -0.3 is 24.6 Å². The second kappa shape index (κ2) is 11.4. The number of H-pyrrole nitrogens is 1. The van der Waals surface area contributed by atoms with Gasteiger partial charge in [0.2, 0.25) is 5.95 Å². The minimum Gasteiger partial charge on any atom is -0.382 e. The number of likely N-dealkylation sites (tertiary alicyclic amines) is 1. The summed E-state index contributed by atoms with van der Waals surface area (Å²) in [6, 6.07) is -0.665. The predicted octanol–water partition coefficient (Wildman–Crippen LogP) is 1.60. The van der Waals surface area contributed by atoms with E-state index in [2.05, 4.69) is 25.3 Å². The van der Waals surface area contributed by atoms with Gasteiger partial charge in [-0.2, -0.15) is 18.3 Å². The van der Waals surface area contributed by atoms with Crippen molar-refractivity contribution < 1.29 is 27.4 Å². The van der Waals surface area contributed by atoms with E-state index >= 15 is 0 Å². The number of anilines is 2. The highest BCUT2D eigenvalue weighted by molar-refractivity contribution is 5.83. The molecular weight excluding hydrogens is 495 g/mol. The largest absolute Gasteiger partial charge is 0.423 e. The number of hydrogen-bond acceptors (Lipinski definition) is 9. The highest BCUT2D eigenvalue weighted by Gasteiger charge is 2.40. The first-order chi connectivity index (χ1) is 17.7. The topological polar surface area (TPSA) is 126 Å². The normalized spacial score (nSPS) is 19.9. The zero-order valence-corrected chi connectivity index (χ0v) is 20.6. The number of carbonyl (C=O) groups is 1. The zero-order valence-electron chi connectivity index (χ0n) is 20.6. The second-order valence-corrected chi connectivity index (χ2v) is 9.20. The van der Waals surface area contributed by atoms with Crippen LogP contribution in [-0.4, -0.2) is 89.1 Å². The number of aryl methyl sites for hydroxylation is 1. The average Bonchev–Trinajstić information content (AvgIpc) is 3.22. The SMILES string of the molecule is COCC(COC1CCN(C2CCN(c3ncc(C)cn3)CC2)C1=O)Nc1cn[nH]c(=O)c1C(F)(F)F.